The monoisotopic (exact) mass is 368 g/mol. The average Bonchev–Trinajstić information content (AvgIpc) is 2.85. The normalized spacial score (nSPS) is 38.5. The van der Waals surface area contributed by atoms with Crippen molar-refractivity contribution < 1.29 is 25.9 Å². The number of hydrogen-bond acceptors (Lipinski definition) is 4. The van der Waals surface area contributed by atoms with Crippen molar-refractivity contribution in [2.45, 2.75) is 88.9 Å². The predicted octanol–water partition coefficient (Wildman–Crippen LogP) is 2.58. The van der Waals surface area contributed by atoms with Crippen LogP contribution < -0.4 is 0 Å². The highest BCUT2D eigenvalue weighted by Crippen LogP contribution is 2.49. The van der Waals surface area contributed by atoms with Gasteiger partial charge in [-0.05, 0) is 51.4 Å². The number of carbonyl (C=O) groups excluding carboxylic acids is 1. The highest BCUT2D eigenvalue weighted by atomic mass is 16.5. The molecule has 2 aliphatic heterocycles. The van der Waals surface area contributed by atoms with Gasteiger partial charge in [0.2, 0.25) is 0 Å². The molecule has 1 amide bonds. The van der Waals surface area contributed by atoms with Crippen LogP contribution in [0.25, 0.3) is 0 Å². The number of amides is 1. The molecule has 2 saturated heterocycles. The number of hydrogen-bond donors (Lipinski definition) is 2. The molecule has 0 aromatic carbocycles. The highest BCUT2D eigenvalue weighted by Gasteiger charge is 2.62. The zero-order valence-electron chi connectivity index (χ0n) is 16.8. The van der Waals surface area contributed by atoms with Crippen LogP contribution in [-0.2, 0) is 14.3 Å². The summed E-state index contributed by atoms with van der Waals surface area (Å²) in [6.07, 6.45) is 5.62. The van der Waals surface area contributed by atoms with E-state index < -0.39 is 35.5 Å². The Kier molecular flexibility index (Phi) is 5.79. The van der Waals surface area contributed by atoms with Crippen LogP contribution in [0.15, 0.2) is 0 Å². The first-order valence-corrected chi connectivity index (χ1v) is 10.2. The third-order valence-corrected chi connectivity index (χ3v) is 6.56. The Hall–Kier alpha value is -1.14. The second kappa shape index (κ2) is 8.26. The molecule has 2 N–H and O–H groups in total. The van der Waals surface area contributed by atoms with E-state index in [0.29, 0.717) is 19.4 Å². The maximum Gasteiger partial charge on any atom is 0.330 e. The molecule has 4 atom stereocenters. The van der Waals surface area contributed by atoms with Crippen LogP contribution in [0.2, 0.25) is 0 Å². The topological polar surface area (TPSA) is 87.1 Å². The van der Waals surface area contributed by atoms with E-state index in [1.54, 1.807) is 0 Å². The molecular weight excluding hydrogens is 334 g/mol. The van der Waals surface area contributed by atoms with E-state index in [2.05, 4.69) is 0 Å². The number of carboxylic acids is 1. The predicted molar refractivity (Wildman–Crippen MR) is 96.7 cm³/mol. The number of nitrogens with zero attached hydrogens (tertiary/aromatic N) is 1. The minimum atomic E-state index is -1.46. The fourth-order valence-corrected chi connectivity index (χ4v) is 5.39. The van der Waals surface area contributed by atoms with Crippen molar-refractivity contribution >= 4 is 11.9 Å². The molecule has 26 heavy (non-hydrogen) atoms. The van der Waals surface area contributed by atoms with Gasteiger partial charge in [0.15, 0.2) is 0 Å². The van der Waals surface area contributed by atoms with Gasteiger partial charge in [0.1, 0.15) is 11.6 Å². The fourth-order valence-electron chi connectivity index (χ4n) is 5.39. The molecule has 6 nitrogen and oxygen atoms in total. The van der Waals surface area contributed by atoms with E-state index in [0.717, 1.165) is 51.4 Å². The number of ether oxygens (including phenoxy) is 1. The van der Waals surface area contributed by atoms with Gasteiger partial charge < -0.3 is 19.8 Å². The number of rotatable bonds is 4. The molecule has 1 aliphatic carbocycles. The highest BCUT2D eigenvalue weighted by molar-refractivity contribution is 5.90. The number of aliphatic carboxylic acids is 1. The first kappa shape index (κ1) is 18.2. The molecule has 0 spiro atoms. The lowest BCUT2D eigenvalue weighted by molar-refractivity contribution is -0.173. The summed E-state index contributed by atoms with van der Waals surface area (Å²) in [6.45, 7) is 2.12. The number of aliphatic hydroxyl groups is 1. The molecule has 0 bridgehead atoms. The van der Waals surface area contributed by atoms with Crippen LogP contribution in [0.1, 0.15) is 72.5 Å². The number of carbonyl (C=O) groups is 2. The molecular formula is C20H33NO5. The Balaban J connectivity index is 2.08. The standard InChI is InChI=1S/C20H33NO5/c1-14(22)18(23)21-12-11-16(17-10-6-7-13-26-17)20(21,19(24)25)15-8-4-2-3-5-9-15/h14-17,22H,2-13H2,1H3,(H,24,25)/t14?,16?,17?,20-/m0/s1/i17D. The van der Waals surface area contributed by atoms with E-state index in [4.69, 9.17) is 6.11 Å². The van der Waals surface area contributed by atoms with Gasteiger partial charge in [-0.2, -0.15) is 0 Å². The summed E-state index contributed by atoms with van der Waals surface area (Å²) < 4.78 is 14.9. The first-order chi connectivity index (χ1) is 12.8. The van der Waals surface area contributed by atoms with Crippen LogP contribution in [0.5, 0.6) is 0 Å². The Labute approximate surface area is 157 Å². The van der Waals surface area contributed by atoms with Crippen molar-refractivity contribution in [3.05, 3.63) is 0 Å². The first-order valence-electron chi connectivity index (χ1n) is 10.7. The molecule has 2 heterocycles. The van der Waals surface area contributed by atoms with Crippen LogP contribution in [-0.4, -0.2) is 57.9 Å². The molecule has 148 valence electrons. The zero-order chi connectivity index (χ0) is 19.7. The molecule has 0 aromatic rings. The summed E-state index contributed by atoms with van der Waals surface area (Å²) in [5.74, 6) is -2.36. The Bertz CT molecular complexity index is 555. The van der Waals surface area contributed by atoms with Gasteiger partial charge in [-0.1, -0.05) is 25.7 Å². The lowest BCUT2D eigenvalue weighted by Gasteiger charge is -2.47. The Morgan fingerprint density at radius 3 is 2.31 bits per heavy atom. The van der Waals surface area contributed by atoms with Gasteiger partial charge in [-0.25, -0.2) is 4.79 Å². The van der Waals surface area contributed by atoms with Gasteiger partial charge in [0.25, 0.3) is 5.91 Å². The number of likely N-dealkylation sites (tertiary alicyclic amines) is 1. The maximum absolute atomic E-state index is 12.9. The van der Waals surface area contributed by atoms with Crippen molar-refractivity contribution in [1.82, 2.24) is 4.90 Å². The second-order valence-electron chi connectivity index (χ2n) is 8.10. The molecule has 3 rings (SSSR count). The minimum absolute atomic E-state index is 0.208. The molecule has 3 unspecified atom stereocenters. The molecule has 3 aliphatic rings. The van der Waals surface area contributed by atoms with E-state index >= 15 is 0 Å². The van der Waals surface area contributed by atoms with Crippen LogP contribution in [0, 0.1) is 11.8 Å². The van der Waals surface area contributed by atoms with Gasteiger partial charge >= 0.3 is 5.97 Å². The van der Waals surface area contributed by atoms with Crippen molar-refractivity contribution in [2.75, 3.05) is 13.2 Å². The van der Waals surface area contributed by atoms with E-state index in [1.165, 1.54) is 11.8 Å². The fraction of sp³-hybridized carbons (Fsp3) is 0.900. The third-order valence-electron chi connectivity index (χ3n) is 6.56. The van der Waals surface area contributed by atoms with Gasteiger partial charge in [0, 0.05) is 19.1 Å². The van der Waals surface area contributed by atoms with Crippen molar-refractivity contribution in [1.29, 1.82) is 0 Å². The molecule has 3 fully saturated rings. The Morgan fingerprint density at radius 2 is 1.77 bits per heavy atom. The maximum atomic E-state index is 12.9. The van der Waals surface area contributed by atoms with Crippen LogP contribution in [0.4, 0.5) is 0 Å². The van der Waals surface area contributed by atoms with Gasteiger partial charge in [0.05, 0.1) is 7.45 Å². The summed E-state index contributed by atoms with van der Waals surface area (Å²) >= 11 is 0. The SMILES string of the molecule is [2H]C1(C2CCN(C(=O)C(C)O)[C@@]2(C(=O)O)C2CCCCCC2)CCCCO1. The Morgan fingerprint density at radius 1 is 1.12 bits per heavy atom. The lowest BCUT2D eigenvalue weighted by atomic mass is 9.68. The second-order valence-corrected chi connectivity index (χ2v) is 8.10. The van der Waals surface area contributed by atoms with E-state index in [-0.39, 0.29) is 12.5 Å². The summed E-state index contributed by atoms with van der Waals surface area (Å²) in [6, 6.07) is 0. The van der Waals surface area contributed by atoms with E-state index in [9.17, 15) is 19.8 Å². The molecule has 0 aromatic heterocycles. The van der Waals surface area contributed by atoms with E-state index in [1.807, 2.05) is 0 Å². The molecule has 0 radical (unpaired) electrons. The lowest BCUT2D eigenvalue weighted by Crippen LogP contribution is -2.64. The van der Waals surface area contributed by atoms with Crippen LogP contribution in [0.3, 0.4) is 0 Å². The summed E-state index contributed by atoms with van der Waals surface area (Å²) in [5, 5.41) is 20.5. The molecule has 6 heteroatoms. The average molecular weight is 368 g/mol. The minimum Gasteiger partial charge on any atom is -0.479 e. The number of aliphatic hydroxyl groups excluding tert-OH is 1. The van der Waals surface area contributed by atoms with Crippen molar-refractivity contribution in [3.63, 3.8) is 0 Å². The summed E-state index contributed by atoms with van der Waals surface area (Å²) in [7, 11) is 0. The number of carboxylic acid groups (broad SMARTS) is 1. The third kappa shape index (κ3) is 3.38. The quantitative estimate of drug-likeness (QED) is 0.745. The summed E-state index contributed by atoms with van der Waals surface area (Å²) in [5.41, 5.74) is -1.46. The smallest absolute Gasteiger partial charge is 0.330 e. The van der Waals surface area contributed by atoms with Crippen molar-refractivity contribution in [2.24, 2.45) is 11.8 Å². The largest absolute Gasteiger partial charge is 0.479 e. The van der Waals surface area contributed by atoms with Crippen LogP contribution >= 0.6 is 0 Å². The van der Waals surface area contributed by atoms with Crippen molar-refractivity contribution in [3.8, 4) is 0 Å². The zero-order valence-corrected chi connectivity index (χ0v) is 15.8. The van der Waals surface area contributed by atoms with Gasteiger partial charge in [-0.3, -0.25) is 4.79 Å². The summed E-state index contributed by atoms with van der Waals surface area (Å²) in [4.78, 5) is 27.1. The molecule has 1 saturated carbocycles. The van der Waals surface area contributed by atoms with Gasteiger partial charge in [-0.15, -0.1) is 0 Å².